The summed E-state index contributed by atoms with van der Waals surface area (Å²) in [5, 5.41) is 52.8. The maximum absolute atomic E-state index is 12.5. The van der Waals surface area contributed by atoms with E-state index < -0.39 is 67.5 Å². The van der Waals surface area contributed by atoms with Gasteiger partial charge in [-0.15, -0.1) is 0 Å². The number of carbonyl (C=O) groups excluding carboxylic acids is 1. The number of aliphatic hydroxyl groups is 5. The van der Waals surface area contributed by atoms with E-state index in [0.717, 1.165) is 37.2 Å². The van der Waals surface area contributed by atoms with Crippen molar-refractivity contribution in [2.45, 2.75) is 133 Å². The van der Waals surface area contributed by atoms with Gasteiger partial charge in [-0.25, -0.2) is 5.06 Å². The highest BCUT2D eigenvalue weighted by Crippen LogP contribution is 2.31. The molecule has 2 heterocycles. The van der Waals surface area contributed by atoms with Gasteiger partial charge in [-0.1, -0.05) is 39.0 Å². The van der Waals surface area contributed by atoms with Crippen LogP contribution < -0.4 is 0 Å². The molecule has 12 heteroatoms. The van der Waals surface area contributed by atoms with E-state index in [1.165, 1.54) is 21.1 Å². The number of aliphatic hydroxyl groups excluding tert-OH is 5. The van der Waals surface area contributed by atoms with Gasteiger partial charge in [0.15, 0.2) is 12.6 Å². The highest BCUT2D eigenvalue weighted by atomic mass is 16.8. The first kappa shape index (κ1) is 31.3. The van der Waals surface area contributed by atoms with Crippen molar-refractivity contribution in [1.82, 2.24) is 5.06 Å². The fourth-order valence-electron chi connectivity index (χ4n) is 4.35. The van der Waals surface area contributed by atoms with Crippen molar-refractivity contribution in [2.24, 2.45) is 0 Å². The molecule has 0 aromatic carbocycles. The molecule has 0 radical (unpaired) electrons. The van der Waals surface area contributed by atoms with E-state index in [1.807, 2.05) is 0 Å². The van der Waals surface area contributed by atoms with Crippen molar-refractivity contribution in [3.05, 3.63) is 0 Å². The topological polar surface area (TPSA) is 168 Å². The van der Waals surface area contributed by atoms with Crippen LogP contribution in [-0.4, -0.2) is 118 Å². The van der Waals surface area contributed by atoms with Crippen LogP contribution in [0.1, 0.15) is 65.7 Å². The molecule has 0 aliphatic carbocycles. The second-order valence-corrected chi connectivity index (χ2v) is 9.71. The summed E-state index contributed by atoms with van der Waals surface area (Å²) in [6.07, 6.45) is -7.95. The number of ether oxygens (including phenoxy) is 4. The molecule has 2 aliphatic heterocycles. The van der Waals surface area contributed by atoms with Crippen molar-refractivity contribution in [2.75, 3.05) is 14.2 Å². The predicted octanol–water partition coefficient (Wildman–Crippen LogP) is -0.179. The number of carbonyl (C=O) groups is 1. The average Bonchev–Trinajstić information content (AvgIpc) is 2.85. The van der Waals surface area contributed by atoms with E-state index in [2.05, 4.69) is 6.92 Å². The first-order valence-corrected chi connectivity index (χ1v) is 12.8. The molecule has 2 rings (SSSR count). The van der Waals surface area contributed by atoms with E-state index in [1.54, 1.807) is 6.92 Å². The number of unbranched alkanes of at least 4 members (excludes halogenated alkanes) is 4. The SMILES string of the molecule is CCCCCCCC(CC(=O)N(C)OC)O[C@@H]1O[C@@H](C)[C@H](O)[C@@H](O)[C@H]1O[C@@H]1O[C@@H](C)[C@H](O)[C@@H](O)[C@H]1O. The van der Waals surface area contributed by atoms with Gasteiger partial charge in [-0.2, -0.15) is 0 Å². The number of rotatable bonds is 13. The molecular weight excluding hydrogens is 478 g/mol. The molecule has 36 heavy (non-hydrogen) atoms. The van der Waals surface area contributed by atoms with Crippen molar-refractivity contribution >= 4 is 5.91 Å². The van der Waals surface area contributed by atoms with Crippen LogP contribution in [0, 0.1) is 0 Å². The van der Waals surface area contributed by atoms with E-state index >= 15 is 0 Å². The second kappa shape index (κ2) is 14.9. The van der Waals surface area contributed by atoms with Crippen molar-refractivity contribution in [3.63, 3.8) is 0 Å². The molecule has 0 spiro atoms. The number of hydroxylamine groups is 2. The summed E-state index contributed by atoms with van der Waals surface area (Å²) in [5.74, 6) is -0.310. The van der Waals surface area contributed by atoms with Crippen LogP contribution in [0.2, 0.25) is 0 Å². The number of nitrogens with zero attached hydrogens (tertiary/aromatic N) is 1. The monoisotopic (exact) mass is 523 g/mol. The molecule has 0 aromatic heterocycles. The molecule has 212 valence electrons. The van der Waals surface area contributed by atoms with E-state index in [-0.39, 0.29) is 12.3 Å². The maximum atomic E-state index is 12.5. The molecule has 2 saturated heterocycles. The molecule has 1 amide bonds. The Balaban J connectivity index is 2.17. The Morgan fingerprint density at radius 1 is 0.861 bits per heavy atom. The summed E-state index contributed by atoms with van der Waals surface area (Å²) in [5.41, 5.74) is 0. The van der Waals surface area contributed by atoms with Crippen LogP contribution in [0.3, 0.4) is 0 Å². The summed E-state index contributed by atoms with van der Waals surface area (Å²) >= 11 is 0. The van der Waals surface area contributed by atoms with Gasteiger partial charge in [0.05, 0.1) is 31.8 Å². The highest BCUT2D eigenvalue weighted by molar-refractivity contribution is 5.75. The van der Waals surface area contributed by atoms with Gasteiger partial charge >= 0.3 is 0 Å². The Morgan fingerprint density at radius 3 is 2.06 bits per heavy atom. The zero-order valence-electron chi connectivity index (χ0n) is 21.9. The van der Waals surface area contributed by atoms with Gasteiger partial charge in [0.1, 0.15) is 36.6 Å². The molecule has 0 saturated carbocycles. The van der Waals surface area contributed by atoms with E-state index in [4.69, 9.17) is 23.8 Å². The third kappa shape index (κ3) is 8.29. The Kier molecular flexibility index (Phi) is 12.9. The molecular formula is C24H45NO11. The van der Waals surface area contributed by atoms with Crippen LogP contribution >= 0.6 is 0 Å². The Labute approximate surface area is 213 Å². The Morgan fingerprint density at radius 2 is 1.44 bits per heavy atom. The second-order valence-electron chi connectivity index (χ2n) is 9.71. The van der Waals surface area contributed by atoms with Crippen molar-refractivity contribution < 1.29 is 54.1 Å². The third-order valence-electron chi connectivity index (χ3n) is 6.87. The lowest BCUT2D eigenvalue weighted by Gasteiger charge is -2.46. The molecule has 2 aliphatic rings. The lowest BCUT2D eigenvalue weighted by molar-refractivity contribution is -0.366. The highest BCUT2D eigenvalue weighted by Gasteiger charge is 2.50. The quantitative estimate of drug-likeness (QED) is 0.160. The number of hydrogen-bond acceptors (Lipinski definition) is 11. The number of amides is 1. The molecule has 5 N–H and O–H groups in total. The lowest BCUT2D eigenvalue weighted by atomic mass is 9.97. The van der Waals surface area contributed by atoms with Crippen LogP contribution in [-0.2, 0) is 28.6 Å². The molecule has 0 bridgehead atoms. The van der Waals surface area contributed by atoms with Gasteiger partial charge in [-0.05, 0) is 20.3 Å². The van der Waals surface area contributed by atoms with Crippen LogP contribution in [0.4, 0.5) is 0 Å². The first-order valence-electron chi connectivity index (χ1n) is 12.8. The van der Waals surface area contributed by atoms with Gasteiger partial charge in [0.2, 0.25) is 5.91 Å². The largest absolute Gasteiger partial charge is 0.388 e. The zero-order chi connectivity index (χ0) is 27.0. The van der Waals surface area contributed by atoms with Gasteiger partial charge < -0.3 is 44.5 Å². The van der Waals surface area contributed by atoms with Gasteiger partial charge in [0.25, 0.3) is 0 Å². The normalized spacial score (nSPS) is 38.1. The Bertz CT molecular complexity index is 656. The first-order chi connectivity index (χ1) is 17.0. The fraction of sp³-hybridized carbons (Fsp3) is 0.958. The minimum atomic E-state index is -1.62. The molecule has 0 aromatic rings. The molecule has 2 fully saturated rings. The third-order valence-corrected chi connectivity index (χ3v) is 6.87. The molecule has 12 nitrogen and oxygen atoms in total. The smallest absolute Gasteiger partial charge is 0.248 e. The van der Waals surface area contributed by atoms with Crippen LogP contribution in [0.15, 0.2) is 0 Å². The fourth-order valence-corrected chi connectivity index (χ4v) is 4.35. The van der Waals surface area contributed by atoms with Crippen molar-refractivity contribution in [1.29, 1.82) is 0 Å². The summed E-state index contributed by atoms with van der Waals surface area (Å²) < 4.78 is 23.2. The summed E-state index contributed by atoms with van der Waals surface area (Å²) in [6, 6.07) is 0. The number of hydrogen-bond donors (Lipinski definition) is 5. The average molecular weight is 524 g/mol. The lowest BCUT2D eigenvalue weighted by Crippen LogP contribution is -2.63. The van der Waals surface area contributed by atoms with Crippen molar-refractivity contribution in [3.8, 4) is 0 Å². The molecule has 11 atom stereocenters. The predicted molar refractivity (Wildman–Crippen MR) is 126 cm³/mol. The van der Waals surface area contributed by atoms with E-state index in [9.17, 15) is 30.3 Å². The maximum Gasteiger partial charge on any atom is 0.248 e. The van der Waals surface area contributed by atoms with E-state index in [0.29, 0.717) is 6.42 Å². The molecule has 1 unspecified atom stereocenters. The van der Waals surface area contributed by atoms with Gasteiger partial charge in [-0.3, -0.25) is 9.63 Å². The minimum Gasteiger partial charge on any atom is -0.388 e. The summed E-state index contributed by atoms with van der Waals surface area (Å²) in [7, 11) is 2.88. The standard InChI is InChI=1S/C24H45NO11/c1-6-7-8-9-10-11-15(12-16(26)25(4)32-5)35-24-22(20(30)18(28)14(3)34-24)36-23-21(31)19(29)17(27)13(2)33-23/h13-15,17-24,27-31H,6-12H2,1-5H3/t13-,14-,15?,17-,18-,19+,20+,21+,22+,23-,24-/m0/s1. The summed E-state index contributed by atoms with van der Waals surface area (Å²) in [6.45, 7) is 5.19. The minimum absolute atomic E-state index is 0.0117. The van der Waals surface area contributed by atoms with Gasteiger partial charge in [0, 0.05) is 7.05 Å². The zero-order valence-corrected chi connectivity index (χ0v) is 21.9. The summed E-state index contributed by atoms with van der Waals surface area (Å²) in [4.78, 5) is 17.5. The van der Waals surface area contributed by atoms with Crippen LogP contribution in [0.5, 0.6) is 0 Å². The van der Waals surface area contributed by atoms with Crippen LogP contribution in [0.25, 0.3) is 0 Å². The Hall–Kier alpha value is -0.930.